The zero-order valence-electron chi connectivity index (χ0n) is 18.9. The van der Waals surface area contributed by atoms with Crippen molar-refractivity contribution in [2.75, 3.05) is 69.6 Å². The second-order valence-electron chi connectivity index (χ2n) is 8.25. The molecule has 0 saturated carbocycles. The van der Waals surface area contributed by atoms with Crippen molar-refractivity contribution < 1.29 is 24.3 Å². The summed E-state index contributed by atoms with van der Waals surface area (Å²) in [5.41, 5.74) is 1.14. The van der Waals surface area contributed by atoms with Crippen molar-refractivity contribution in [2.45, 2.75) is 19.4 Å². The van der Waals surface area contributed by atoms with Gasteiger partial charge in [0.25, 0.3) is 0 Å². The fraction of sp³-hybridized carbons (Fsp3) is 0.545. The number of aliphatic hydroxyl groups is 1. The molecule has 0 bridgehead atoms. The van der Waals surface area contributed by atoms with Crippen molar-refractivity contribution in [3.63, 3.8) is 0 Å². The first-order valence-electron chi connectivity index (χ1n) is 11.2. The third-order valence-electron chi connectivity index (χ3n) is 5.76. The molecule has 0 spiro atoms. The van der Waals surface area contributed by atoms with Gasteiger partial charge in [0.1, 0.15) is 6.04 Å². The number of hydrogen-bond acceptors (Lipinski definition) is 7. The van der Waals surface area contributed by atoms with E-state index in [2.05, 4.69) is 20.9 Å². The first-order chi connectivity index (χ1) is 15.9. The van der Waals surface area contributed by atoms with E-state index < -0.39 is 6.04 Å². The summed E-state index contributed by atoms with van der Waals surface area (Å²) in [7, 11) is 0. The van der Waals surface area contributed by atoms with E-state index in [9.17, 15) is 19.2 Å². The lowest BCUT2D eigenvalue weighted by Gasteiger charge is -2.38. The summed E-state index contributed by atoms with van der Waals surface area (Å²) in [5, 5.41) is 17.2. The minimum Gasteiger partial charge on any atom is -0.395 e. The Morgan fingerprint density at radius 2 is 1.61 bits per heavy atom. The maximum atomic E-state index is 13.0. The van der Waals surface area contributed by atoms with Gasteiger partial charge in [-0.15, -0.1) is 0 Å². The minimum absolute atomic E-state index is 0.116. The molecule has 1 aromatic rings. The van der Waals surface area contributed by atoms with Crippen LogP contribution < -0.4 is 16.0 Å². The van der Waals surface area contributed by atoms with E-state index in [1.54, 1.807) is 24.3 Å². The number of hydrogen-bond donors (Lipinski definition) is 4. The van der Waals surface area contributed by atoms with Crippen LogP contribution in [0.15, 0.2) is 24.3 Å². The predicted octanol–water partition coefficient (Wildman–Crippen LogP) is -1.09. The molecule has 0 radical (unpaired) electrons. The van der Waals surface area contributed by atoms with Crippen LogP contribution in [0.1, 0.15) is 13.3 Å². The lowest BCUT2D eigenvalue weighted by molar-refractivity contribution is -0.145. The molecule has 2 aliphatic heterocycles. The highest BCUT2D eigenvalue weighted by Crippen LogP contribution is 2.16. The fourth-order valence-electron chi connectivity index (χ4n) is 4.04. The summed E-state index contributed by atoms with van der Waals surface area (Å²) in [4.78, 5) is 54.9. The van der Waals surface area contributed by atoms with Crippen LogP contribution in [-0.4, -0.2) is 108 Å². The number of carbonyl (C=O) groups is 4. The van der Waals surface area contributed by atoms with Crippen molar-refractivity contribution in [2.24, 2.45) is 0 Å². The average Bonchev–Trinajstić information content (AvgIpc) is 2.77. The number of nitrogens with zero attached hydrogens (tertiary/aromatic N) is 3. The summed E-state index contributed by atoms with van der Waals surface area (Å²) in [6.07, 6.45) is -0.144. The van der Waals surface area contributed by atoms with Crippen LogP contribution in [0.5, 0.6) is 0 Å². The van der Waals surface area contributed by atoms with Gasteiger partial charge < -0.3 is 26.0 Å². The van der Waals surface area contributed by atoms with Gasteiger partial charge in [-0.05, 0) is 24.3 Å². The number of anilines is 2. The van der Waals surface area contributed by atoms with E-state index in [1.807, 2.05) is 4.90 Å². The van der Waals surface area contributed by atoms with Crippen LogP contribution in [-0.2, 0) is 19.2 Å². The zero-order chi connectivity index (χ0) is 23.8. The van der Waals surface area contributed by atoms with E-state index in [-0.39, 0.29) is 43.2 Å². The molecule has 2 fully saturated rings. The molecule has 2 saturated heterocycles. The summed E-state index contributed by atoms with van der Waals surface area (Å²) in [6, 6.07) is 5.79. The third-order valence-corrected chi connectivity index (χ3v) is 5.76. The Morgan fingerprint density at radius 3 is 2.21 bits per heavy atom. The highest BCUT2D eigenvalue weighted by Gasteiger charge is 2.35. The van der Waals surface area contributed by atoms with Gasteiger partial charge in [-0.1, -0.05) is 0 Å². The van der Waals surface area contributed by atoms with Gasteiger partial charge in [-0.3, -0.25) is 29.0 Å². The molecule has 0 aromatic heterocycles. The van der Waals surface area contributed by atoms with Gasteiger partial charge in [-0.2, -0.15) is 0 Å². The van der Waals surface area contributed by atoms with Crippen LogP contribution in [0, 0.1) is 0 Å². The van der Waals surface area contributed by atoms with E-state index >= 15 is 0 Å². The largest absolute Gasteiger partial charge is 0.395 e. The fourth-order valence-corrected chi connectivity index (χ4v) is 4.04. The van der Waals surface area contributed by atoms with Crippen LogP contribution in [0.2, 0.25) is 0 Å². The molecule has 4 N–H and O–H groups in total. The smallest absolute Gasteiger partial charge is 0.243 e. The third kappa shape index (κ3) is 7.24. The number of nitrogens with one attached hydrogen (secondary N) is 3. The summed E-state index contributed by atoms with van der Waals surface area (Å²) in [5.74, 6) is -1.07. The molecular formula is C22H32N6O5. The van der Waals surface area contributed by atoms with E-state index in [0.717, 1.165) is 13.1 Å². The number of amides is 4. The minimum atomic E-state index is -0.861. The van der Waals surface area contributed by atoms with Gasteiger partial charge in [-0.25, -0.2) is 0 Å². The van der Waals surface area contributed by atoms with Gasteiger partial charge >= 0.3 is 0 Å². The molecule has 1 aromatic carbocycles. The molecule has 11 nitrogen and oxygen atoms in total. The molecule has 0 unspecified atom stereocenters. The van der Waals surface area contributed by atoms with Crippen molar-refractivity contribution in [1.82, 2.24) is 20.0 Å². The highest BCUT2D eigenvalue weighted by atomic mass is 16.3. The lowest BCUT2D eigenvalue weighted by Crippen LogP contribution is -2.60. The molecule has 11 heteroatoms. The second-order valence-corrected chi connectivity index (χ2v) is 8.25. The van der Waals surface area contributed by atoms with Gasteiger partial charge in [0.15, 0.2) is 0 Å². The molecule has 0 aliphatic carbocycles. The average molecular weight is 461 g/mol. The standard InChI is InChI=1S/C22H32N6O5/c1-16(30)24-17-2-4-18(5-3-17)25-20(31)14-19-22(33)23-6-7-28(19)21(32)15-27-10-8-26(9-11-27)12-13-29/h2-5,19,29H,6-15H2,1H3,(H,23,33)(H,24,30)(H,25,31)/t19-/m0/s1. The maximum absolute atomic E-state index is 13.0. The van der Waals surface area contributed by atoms with Crippen LogP contribution >= 0.6 is 0 Å². The quantitative estimate of drug-likeness (QED) is 0.387. The molecule has 3 rings (SSSR count). The van der Waals surface area contributed by atoms with Crippen molar-refractivity contribution in [3.8, 4) is 0 Å². The van der Waals surface area contributed by atoms with Gasteiger partial charge in [0.05, 0.1) is 19.6 Å². The van der Waals surface area contributed by atoms with Crippen molar-refractivity contribution in [1.29, 1.82) is 0 Å². The lowest BCUT2D eigenvalue weighted by atomic mass is 10.1. The molecule has 2 heterocycles. The van der Waals surface area contributed by atoms with Crippen molar-refractivity contribution >= 4 is 35.0 Å². The first-order valence-corrected chi connectivity index (χ1v) is 11.2. The Labute approximate surface area is 193 Å². The van der Waals surface area contributed by atoms with Gasteiger partial charge in [0.2, 0.25) is 23.6 Å². The second kappa shape index (κ2) is 11.7. The highest BCUT2D eigenvalue weighted by molar-refractivity contribution is 5.98. The Balaban J connectivity index is 1.54. The number of piperazine rings is 2. The predicted molar refractivity (Wildman–Crippen MR) is 122 cm³/mol. The van der Waals surface area contributed by atoms with Crippen LogP contribution in [0.4, 0.5) is 11.4 Å². The van der Waals surface area contributed by atoms with Crippen molar-refractivity contribution in [3.05, 3.63) is 24.3 Å². The number of β-amino-alcohol motifs (C(OH)–C–C–N with tert-alkyl or cyclic N) is 1. The normalized spacial score (nSPS) is 19.6. The molecule has 4 amide bonds. The van der Waals surface area contributed by atoms with E-state index in [4.69, 9.17) is 5.11 Å². The SMILES string of the molecule is CC(=O)Nc1ccc(NC(=O)C[C@H]2C(=O)NCCN2C(=O)CN2CCN(CCO)CC2)cc1. The molecule has 180 valence electrons. The Bertz CT molecular complexity index is 853. The van der Waals surface area contributed by atoms with E-state index in [0.29, 0.717) is 44.1 Å². The number of carbonyl (C=O) groups excluding carboxylic acids is 4. The van der Waals surface area contributed by atoms with Crippen LogP contribution in [0.25, 0.3) is 0 Å². The summed E-state index contributed by atoms with van der Waals surface area (Å²) in [6.45, 7) is 6.05. The number of benzene rings is 1. The van der Waals surface area contributed by atoms with Gasteiger partial charge in [0, 0.05) is 64.1 Å². The van der Waals surface area contributed by atoms with E-state index in [1.165, 1.54) is 11.8 Å². The number of rotatable bonds is 8. The molecule has 2 aliphatic rings. The topological polar surface area (TPSA) is 134 Å². The summed E-state index contributed by atoms with van der Waals surface area (Å²) >= 11 is 0. The Hall–Kier alpha value is -3.02. The first kappa shape index (κ1) is 24.6. The molecular weight excluding hydrogens is 428 g/mol. The molecule has 33 heavy (non-hydrogen) atoms. The summed E-state index contributed by atoms with van der Waals surface area (Å²) < 4.78 is 0. The Morgan fingerprint density at radius 1 is 1.00 bits per heavy atom. The monoisotopic (exact) mass is 460 g/mol. The Kier molecular flexibility index (Phi) is 8.75. The van der Waals surface area contributed by atoms with Crippen LogP contribution in [0.3, 0.4) is 0 Å². The zero-order valence-corrected chi connectivity index (χ0v) is 18.9. The molecule has 1 atom stereocenters. The number of aliphatic hydroxyl groups excluding tert-OH is 1. The maximum Gasteiger partial charge on any atom is 0.243 e.